The molecular weight excluding hydrogens is 278 g/mol. The Morgan fingerprint density at radius 1 is 0.909 bits per heavy atom. The Morgan fingerprint density at radius 3 is 2.23 bits per heavy atom. The van der Waals surface area contributed by atoms with Crippen LogP contribution in [0.4, 0.5) is 0 Å². The second-order valence-electron chi connectivity index (χ2n) is 4.89. The van der Waals surface area contributed by atoms with E-state index in [1.54, 1.807) is 20.4 Å². The summed E-state index contributed by atoms with van der Waals surface area (Å²) in [6.07, 6.45) is 1.80. The van der Waals surface area contributed by atoms with Crippen LogP contribution in [0, 0.1) is 6.92 Å². The number of methoxy groups -OCH3 is 2. The third-order valence-corrected chi connectivity index (χ3v) is 3.54. The maximum absolute atomic E-state index is 5.20. The fraction of sp³-hybridized carbons (Fsp3) is 0.176. The maximum atomic E-state index is 5.20. The van der Waals surface area contributed by atoms with Crippen molar-refractivity contribution < 1.29 is 9.47 Å². The van der Waals surface area contributed by atoms with Crippen molar-refractivity contribution >= 4 is 0 Å². The molecule has 0 aliphatic rings. The number of rotatable bonds is 4. The highest BCUT2D eigenvalue weighted by Gasteiger charge is 2.14. The van der Waals surface area contributed by atoms with E-state index in [0.29, 0.717) is 5.88 Å². The number of benzene rings is 1. The highest BCUT2D eigenvalue weighted by molar-refractivity contribution is 5.82. The highest BCUT2D eigenvalue weighted by atomic mass is 16.5. The van der Waals surface area contributed by atoms with Gasteiger partial charge in [-0.15, -0.1) is 0 Å². The van der Waals surface area contributed by atoms with Gasteiger partial charge in [0.05, 0.1) is 14.2 Å². The highest BCUT2D eigenvalue weighted by Crippen LogP contribution is 2.33. The second kappa shape index (κ2) is 5.89. The summed E-state index contributed by atoms with van der Waals surface area (Å²) in [5.41, 5.74) is 4.96. The van der Waals surface area contributed by atoms with Gasteiger partial charge in [0.15, 0.2) is 0 Å². The van der Waals surface area contributed by atoms with Gasteiger partial charge in [0.2, 0.25) is 5.88 Å². The van der Waals surface area contributed by atoms with Gasteiger partial charge in [0.1, 0.15) is 11.4 Å². The summed E-state index contributed by atoms with van der Waals surface area (Å²) < 4.78 is 10.3. The smallest absolute Gasteiger partial charge is 0.212 e. The Balaban J connectivity index is 2.05. The van der Waals surface area contributed by atoms with Crippen molar-refractivity contribution in [2.75, 3.05) is 14.2 Å². The first kappa shape index (κ1) is 14.1. The van der Waals surface area contributed by atoms with E-state index in [0.717, 1.165) is 33.8 Å². The van der Waals surface area contributed by atoms with Crippen LogP contribution in [-0.4, -0.2) is 29.4 Å². The quantitative estimate of drug-likeness (QED) is 0.800. The molecule has 1 N–H and O–H groups in total. The molecule has 0 unspecified atom stereocenters. The normalized spacial score (nSPS) is 10.5. The number of aryl methyl sites for hydroxylation is 1. The van der Waals surface area contributed by atoms with Crippen molar-refractivity contribution in [3.05, 3.63) is 48.3 Å². The number of H-pyrrole nitrogens is 1. The lowest BCUT2D eigenvalue weighted by Gasteiger charge is -2.06. The first-order valence-corrected chi connectivity index (χ1v) is 6.92. The van der Waals surface area contributed by atoms with Crippen molar-refractivity contribution in [1.29, 1.82) is 0 Å². The van der Waals surface area contributed by atoms with E-state index in [4.69, 9.17) is 9.47 Å². The molecule has 3 aromatic rings. The topological polar surface area (TPSA) is 60.0 Å². The number of hydrogen-bond donors (Lipinski definition) is 1. The summed E-state index contributed by atoms with van der Waals surface area (Å²) in [6.45, 7) is 2.00. The second-order valence-corrected chi connectivity index (χ2v) is 4.89. The monoisotopic (exact) mass is 295 g/mol. The fourth-order valence-electron chi connectivity index (χ4n) is 2.39. The van der Waals surface area contributed by atoms with E-state index < -0.39 is 0 Å². The predicted molar refractivity (Wildman–Crippen MR) is 85.1 cm³/mol. The van der Waals surface area contributed by atoms with Crippen LogP contribution in [0.15, 0.2) is 42.6 Å². The SMILES string of the molecule is COc1ccc(-c2n[nH]c(C)c2-c2ccc(OC)nc2)cc1. The molecule has 2 heterocycles. The minimum absolute atomic E-state index is 0.593. The molecule has 112 valence electrons. The molecule has 2 aromatic heterocycles. The van der Waals surface area contributed by atoms with Crippen LogP contribution in [0.1, 0.15) is 5.69 Å². The minimum Gasteiger partial charge on any atom is -0.497 e. The first-order valence-electron chi connectivity index (χ1n) is 6.92. The van der Waals surface area contributed by atoms with Gasteiger partial charge in [-0.1, -0.05) is 0 Å². The Hall–Kier alpha value is -2.82. The molecule has 1 aromatic carbocycles. The summed E-state index contributed by atoms with van der Waals surface area (Å²) >= 11 is 0. The van der Waals surface area contributed by atoms with Crippen LogP contribution >= 0.6 is 0 Å². The zero-order valence-corrected chi connectivity index (χ0v) is 12.8. The standard InChI is InChI=1S/C17H17N3O2/c1-11-16(13-6-9-15(22-3)18-10-13)17(20-19-11)12-4-7-14(21-2)8-5-12/h4-10H,1-3H3,(H,19,20). The molecule has 3 rings (SSSR count). The number of ether oxygens (including phenoxy) is 2. The molecule has 22 heavy (non-hydrogen) atoms. The summed E-state index contributed by atoms with van der Waals surface area (Å²) in [5, 5.41) is 7.49. The molecule has 0 spiro atoms. The van der Waals surface area contributed by atoms with Crippen molar-refractivity contribution in [2.45, 2.75) is 6.92 Å². The van der Waals surface area contributed by atoms with Crippen LogP contribution in [0.25, 0.3) is 22.4 Å². The lowest BCUT2D eigenvalue weighted by Crippen LogP contribution is -1.89. The first-order chi connectivity index (χ1) is 10.7. The molecule has 5 heteroatoms. The molecule has 0 saturated heterocycles. The number of aromatic nitrogens is 3. The van der Waals surface area contributed by atoms with Gasteiger partial charge in [-0.05, 0) is 37.3 Å². The molecule has 0 aliphatic carbocycles. The molecule has 0 saturated carbocycles. The van der Waals surface area contributed by atoms with Gasteiger partial charge in [0.25, 0.3) is 0 Å². The average molecular weight is 295 g/mol. The van der Waals surface area contributed by atoms with Gasteiger partial charge in [-0.25, -0.2) is 4.98 Å². The molecule has 0 fully saturated rings. The van der Waals surface area contributed by atoms with Crippen LogP contribution in [0.3, 0.4) is 0 Å². The van der Waals surface area contributed by atoms with Gasteiger partial charge >= 0.3 is 0 Å². The van der Waals surface area contributed by atoms with Crippen LogP contribution in [0.2, 0.25) is 0 Å². The zero-order valence-electron chi connectivity index (χ0n) is 12.8. The van der Waals surface area contributed by atoms with Crippen LogP contribution in [0.5, 0.6) is 11.6 Å². The average Bonchev–Trinajstić information content (AvgIpc) is 2.96. The van der Waals surface area contributed by atoms with Crippen molar-refractivity contribution in [3.63, 3.8) is 0 Å². The van der Waals surface area contributed by atoms with Crippen molar-refractivity contribution in [2.24, 2.45) is 0 Å². The number of aromatic amines is 1. The van der Waals surface area contributed by atoms with E-state index in [9.17, 15) is 0 Å². The van der Waals surface area contributed by atoms with E-state index in [1.165, 1.54) is 0 Å². The van der Waals surface area contributed by atoms with Crippen LogP contribution in [-0.2, 0) is 0 Å². The van der Waals surface area contributed by atoms with E-state index in [-0.39, 0.29) is 0 Å². The van der Waals surface area contributed by atoms with E-state index in [2.05, 4.69) is 15.2 Å². The lowest BCUT2D eigenvalue weighted by atomic mass is 10.0. The summed E-state index contributed by atoms with van der Waals surface area (Å²) in [7, 11) is 3.26. The predicted octanol–water partition coefficient (Wildman–Crippen LogP) is 3.46. The molecular formula is C17H17N3O2. The summed E-state index contributed by atoms with van der Waals surface area (Å²) in [4.78, 5) is 4.27. The van der Waals surface area contributed by atoms with E-state index in [1.807, 2.05) is 43.3 Å². The van der Waals surface area contributed by atoms with E-state index >= 15 is 0 Å². The molecule has 0 radical (unpaired) electrons. The summed E-state index contributed by atoms with van der Waals surface area (Å²) in [5.74, 6) is 1.42. The molecule has 0 bridgehead atoms. The molecule has 0 amide bonds. The number of hydrogen-bond acceptors (Lipinski definition) is 4. The Morgan fingerprint density at radius 2 is 1.64 bits per heavy atom. The number of nitrogens with one attached hydrogen (secondary N) is 1. The fourth-order valence-corrected chi connectivity index (χ4v) is 2.39. The van der Waals surface area contributed by atoms with Gasteiger partial charge in [0, 0.05) is 34.6 Å². The minimum atomic E-state index is 0.593. The van der Waals surface area contributed by atoms with Gasteiger partial charge in [-0.3, -0.25) is 5.10 Å². The Bertz CT molecular complexity index is 762. The molecule has 0 aliphatic heterocycles. The molecule has 0 atom stereocenters. The lowest BCUT2D eigenvalue weighted by molar-refractivity contribution is 0.398. The third-order valence-electron chi connectivity index (χ3n) is 3.54. The number of pyridine rings is 1. The maximum Gasteiger partial charge on any atom is 0.212 e. The Labute approximate surface area is 128 Å². The summed E-state index contributed by atoms with van der Waals surface area (Å²) in [6, 6.07) is 11.7. The van der Waals surface area contributed by atoms with Gasteiger partial charge < -0.3 is 9.47 Å². The zero-order chi connectivity index (χ0) is 15.5. The molecule has 5 nitrogen and oxygen atoms in total. The largest absolute Gasteiger partial charge is 0.497 e. The Kier molecular flexibility index (Phi) is 3.78. The third kappa shape index (κ3) is 2.53. The van der Waals surface area contributed by atoms with Crippen molar-refractivity contribution in [3.8, 4) is 34.0 Å². The van der Waals surface area contributed by atoms with Crippen molar-refractivity contribution in [1.82, 2.24) is 15.2 Å². The van der Waals surface area contributed by atoms with Crippen LogP contribution < -0.4 is 9.47 Å². The van der Waals surface area contributed by atoms with Gasteiger partial charge in [-0.2, -0.15) is 5.10 Å². The number of nitrogens with zero attached hydrogens (tertiary/aromatic N) is 2.